The molecule has 1 aliphatic rings. The van der Waals surface area contributed by atoms with E-state index in [1.54, 1.807) is 18.2 Å². The molecule has 4 rings (SSSR count). The van der Waals surface area contributed by atoms with Crippen LogP contribution in [-0.4, -0.2) is 15.6 Å². The van der Waals surface area contributed by atoms with Gasteiger partial charge in [0, 0.05) is 22.0 Å². The van der Waals surface area contributed by atoms with Crippen LogP contribution in [0.1, 0.15) is 42.2 Å². The molecule has 1 N–H and O–H groups in total. The third kappa shape index (κ3) is 3.18. The summed E-state index contributed by atoms with van der Waals surface area (Å²) in [6, 6.07) is 12.6. The average molecular weight is 400 g/mol. The van der Waals surface area contributed by atoms with Gasteiger partial charge in [0.1, 0.15) is 5.69 Å². The fraction of sp³-hybridized carbons (Fsp3) is 0.238. The summed E-state index contributed by atoms with van der Waals surface area (Å²) in [6.45, 7) is 0. The molecular formula is C21H19ClNO3P. The van der Waals surface area contributed by atoms with Gasteiger partial charge >= 0.3 is 5.97 Å². The summed E-state index contributed by atoms with van der Waals surface area (Å²) in [5.41, 5.74) is 1.12. The van der Waals surface area contributed by atoms with Gasteiger partial charge in [-0.05, 0) is 47.3 Å². The van der Waals surface area contributed by atoms with Crippen molar-refractivity contribution in [2.45, 2.75) is 31.7 Å². The molecule has 0 spiro atoms. The lowest BCUT2D eigenvalue weighted by atomic mass is 9.96. The van der Waals surface area contributed by atoms with Crippen molar-refractivity contribution in [2.24, 2.45) is 0 Å². The number of benzene rings is 2. The number of carboxylic acid groups (broad SMARTS) is 1. The lowest BCUT2D eigenvalue weighted by Gasteiger charge is -2.22. The van der Waals surface area contributed by atoms with Gasteiger partial charge < -0.3 is 5.11 Å². The number of rotatable bonds is 3. The molecule has 27 heavy (non-hydrogen) atoms. The maximum Gasteiger partial charge on any atom is 0.353 e. The Morgan fingerprint density at radius 3 is 2.37 bits per heavy atom. The number of carbonyl (C=O) groups is 1. The lowest BCUT2D eigenvalue weighted by molar-refractivity contribution is 0.0682. The van der Waals surface area contributed by atoms with Gasteiger partial charge in [-0.2, -0.15) is 0 Å². The van der Waals surface area contributed by atoms with Crippen molar-refractivity contribution in [2.75, 3.05) is 0 Å². The van der Waals surface area contributed by atoms with Crippen LogP contribution in [0.2, 0.25) is 5.02 Å². The van der Waals surface area contributed by atoms with Crippen LogP contribution in [0.4, 0.5) is 0 Å². The van der Waals surface area contributed by atoms with E-state index < -0.39 is 5.97 Å². The number of pyridine rings is 1. The summed E-state index contributed by atoms with van der Waals surface area (Å²) in [5.74, 6) is -1.09. The van der Waals surface area contributed by atoms with Crippen LogP contribution in [0.25, 0.3) is 21.9 Å². The molecule has 1 fully saturated rings. The molecule has 1 aliphatic carbocycles. The smallest absolute Gasteiger partial charge is 0.353 e. The van der Waals surface area contributed by atoms with E-state index in [0.717, 1.165) is 36.6 Å². The fourth-order valence-corrected chi connectivity index (χ4v) is 4.42. The number of carboxylic acids is 1. The molecule has 0 radical (unpaired) electrons. The van der Waals surface area contributed by atoms with Crippen LogP contribution < -0.4 is 10.9 Å². The normalized spacial score (nSPS) is 14.7. The monoisotopic (exact) mass is 399 g/mol. The molecule has 1 heterocycles. The van der Waals surface area contributed by atoms with Crippen LogP contribution in [-0.2, 0) is 0 Å². The van der Waals surface area contributed by atoms with Crippen LogP contribution in [0.15, 0.2) is 47.3 Å². The van der Waals surface area contributed by atoms with Crippen LogP contribution in [0.5, 0.6) is 0 Å². The van der Waals surface area contributed by atoms with Gasteiger partial charge in [-0.25, -0.2) is 4.79 Å². The van der Waals surface area contributed by atoms with Crippen LogP contribution >= 0.6 is 20.8 Å². The van der Waals surface area contributed by atoms with Gasteiger partial charge in [-0.1, -0.05) is 48.7 Å². The summed E-state index contributed by atoms with van der Waals surface area (Å²) in [4.78, 5) is 25.6. The molecule has 6 heteroatoms. The molecule has 0 amide bonds. The number of aromatic carboxylic acids is 1. The maximum atomic E-state index is 13.2. The van der Waals surface area contributed by atoms with Crippen molar-refractivity contribution in [3.05, 3.63) is 63.5 Å². The Hall–Kier alpha value is -2.16. The van der Waals surface area contributed by atoms with E-state index in [0.29, 0.717) is 21.4 Å². The highest BCUT2D eigenvalue weighted by molar-refractivity contribution is 7.27. The summed E-state index contributed by atoms with van der Waals surface area (Å²) in [5, 5.41) is 12.6. The minimum atomic E-state index is -1.09. The summed E-state index contributed by atoms with van der Waals surface area (Å²) in [7, 11) is 2.62. The number of fused-ring (bicyclic) bond motifs is 1. The van der Waals surface area contributed by atoms with Crippen molar-refractivity contribution in [1.82, 2.24) is 4.57 Å². The summed E-state index contributed by atoms with van der Waals surface area (Å²) < 4.78 is 1.51. The zero-order valence-electron chi connectivity index (χ0n) is 14.6. The molecule has 4 nitrogen and oxygen atoms in total. The topological polar surface area (TPSA) is 59.3 Å². The van der Waals surface area contributed by atoms with Crippen molar-refractivity contribution in [1.29, 1.82) is 0 Å². The molecule has 0 aliphatic heterocycles. The number of aromatic nitrogens is 1. The lowest BCUT2D eigenvalue weighted by Crippen LogP contribution is -2.30. The number of halogens is 1. The van der Waals surface area contributed by atoms with Crippen LogP contribution in [0.3, 0.4) is 0 Å². The van der Waals surface area contributed by atoms with Crippen molar-refractivity contribution < 1.29 is 9.90 Å². The molecule has 1 saturated carbocycles. The Kier molecular flexibility index (Phi) is 4.79. The molecule has 138 valence electrons. The highest BCUT2D eigenvalue weighted by Gasteiger charge is 2.28. The highest BCUT2D eigenvalue weighted by atomic mass is 35.5. The van der Waals surface area contributed by atoms with Gasteiger partial charge in [0.2, 0.25) is 0 Å². The second kappa shape index (κ2) is 7.10. The first kappa shape index (κ1) is 18.2. The summed E-state index contributed by atoms with van der Waals surface area (Å²) >= 11 is 6.19. The predicted octanol–water partition coefficient (Wildman–Crippen LogP) is 4.64. The number of nitrogens with zero attached hydrogens (tertiary/aromatic N) is 1. The molecule has 1 unspecified atom stereocenters. The Bertz CT molecular complexity index is 1100. The quantitative estimate of drug-likeness (QED) is 0.653. The van der Waals surface area contributed by atoms with E-state index in [9.17, 15) is 14.7 Å². The molecular weight excluding hydrogens is 381 g/mol. The third-order valence-corrected chi connectivity index (χ3v) is 5.89. The van der Waals surface area contributed by atoms with Gasteiger partial charge in [0.15, 0.2) is 0 Å². The Labute approximate surface area is 164 Å². The third-order valence-electron chi connectivity index (χ3n) is 5.27. The van der Waals surface area contributed by atoms with E-state index in [-0.39, 0.29) is 17.3 Å². The minimum absolute atomic E-state index is 0.0539. The standard InChI is InChI=1S/C21H19ClNO3P/c22-13-7-10-16-17(11-13)18(12-5-8-15(27)9-6-12)19(21(25)26)23(20(16)24)14-3-1-2-4-14/h5-11,14H,1-4,27H2,(H,25,26). The van der Waals surface area contributed by atoms with Gasteiger partial charge in [0.05, 0.1) is 0 Å². The number of hydrogen-bond donors (Lipinski definition) is 1. The molecule has 3 aromatic rings. The highest BCUT2D eigenvalue weighted by Crippen LogP contribution is 2.36. The van der Waals surface area contributed by atoms with E-state index >= 15 is 0 Å². The Morgan fingerprint density at radius 1 is 1.07 bits per heavy atom. The second-order valence-electron chi connectivity index (χ2n) is 6.95. The SMILES string of the molecule is O=C(O)c1c(-c2ccc(P)cc2)c2cc(Cl)ccc2c(=O)n1C1CCCC1. The van der Waals surface area contributed by atoms with E-state index in [1.807, 2.05) is 24.3 Å². The van der Waals surface area contributed by atoms with Crippen molar-refractivity contribution >= 4 is 42.9 Å². The summed E-state index contributed by atoms with van der Waals surface area (Å²) in [6.07, 6.45) is 3.66. The average Bonchev–Trinajstić information content (AvgIpc) is 3.16. The first-order valence-corrected chi connectivity index (χ1v) is 9.90. The first-order valence-electron chi connectivity index (χ1n) is 8.94. The number of hydrogen-bond acceptors (Lipinski definition) is 2. The first-order chi connectivity index (χ1) is 13.0. The Balaban J connectivity index is 2.18. The van der Waals surface area contributed by atoms with Crippen molar-refractivity contribution in [3.63, 3.8) is 0 Å². The van der Waals surface area contributed by atoms with Gasteiger partial charge in [-0.15, -0.1) is 9.24 Å². The predicted molar refractivity (Wildman–Crippen MR) is 112 cm³/mol. The molecule has 1 atom stereocenters. The van der Waals surface area contributed by atoms with Crippen LogP contribution in [0, 0.1) is 0 Å². The second-order valence-corrected chi connectivity index (χ2v) is 8.06. The largest absolute Gasteiger partial charge is 0.477 e. The van der Waals surface area contributed by atoms with Gasteiger partial charge in [-0.3, -0.25) is 9.36 Å². The van der Waals surface area contributed by atoms with Gasteiger partial charge in [0.25, 0.3) is 5.56 Å². The zero-order chi connectivity index (χ0) is 19.1. The molecule has 0 bridgehead atoms. The van der Waals surface area contributed by atoms with Crippen molar-refractivity contribution in [3.8, 4) is 11.1 Å². The molecule has 2 aromatic carbocycles. The Morgan fingerprint density at radius 2 is 1.74 bits per heavy atom. The molecule has 0 saturated heterocycles. The van der Waals surface area contributed by atoms with E-state index in [1.165, 1.54) is 4.57 Å². The fourth-order valence-electron chi connectivity index (χ4n) is 4.05. The molecule has 1 aromatic heterocycles. The maximum absolute atomic E-state index is 13.2. The van der Waals surface area contributed by atoms with E-state index in [2.05, 4.69) is 9.24 Å². The van der Waals surface area contributed by atoms with E-state index in [4.69, 9.17) is 11.6 Å². The zero-order valence-corrected chi connectivity index (χ0v) is 16.5. The minimum Gasteiger partial charge on any atom is -0.477 e.